The van der Waals surface area contributed by atoms with Crippen molar-refractivity contribution in [2.75, 3.05) is 20.8 Å². The van der Waals surface area contributed by atoms with Crippen molar-refractivity contribution in [3.05, 3.63) is 66.2 Å². The van der Waals surface area contributed by atoms with Crippen LogP contribution in [-0.4, -0.2) is 40.6 Å². The molecule has 0 amide bonds. The summed E-state index contributed by atoms with van der Waals surface area (Å²) < 4.78 is 10.6. The van der Waals surface area contributed by atoms with E-state index in [0.717, 1.165) is 18.0 Å². The Kier molecular flexibility index (Phi) is 8.86. The highest BCUT2D eigenvalue weighted by Crippen LogP contribution is 2.39. The van der Waals surface area contributed by atoms with Crippen LogP contribution in [0.25, 0.3) is 0 Å². The normalized spacial score (nSPS) is 15.4. The molecule has 3 rings (SSSR count). The third-order valence-corrected chi connectivity index (χ3v) is 5.03. The first kappa shape index (κ1) is 25.3. The quantitative estimate of drug-likeness (QED) is 0.468. The van der Waals surface area contributed by atoms with Gasteiger partial charge in [0.15, 0.2) is 11.5 Å². The van der Waals surface area contributed by atoms with Crippen molar-refractivity contribution in [3.8, 4) is 17.2 Å². The number of hydrogen-bond donors (Lipinski definition) is 2. The lowest BCUT2D eigenvalue weighted by molar-refractivity contribution is -0.404. The zero-order valence-electron chi connectivity index (χ0n) is 18.1. The maximum atomic E-state index is 10.4. The molecular weight excluding hydrogens is 440 g/mol. The number of methoxy groups -OCH3 is 2. The van der Waals surface area contributed by atoms with Gasteiger partial charge in [0, 0.05) is 6.04 Å². The molecule has 1 heterocycles. The molecule has 0 aliphatic carbocycles. The standard InChI is InChI=1S/C14H21NO2.C6H3N3O7/c1-16-13-8-7-11(10-14(13)17-2)12-6-4-3-5-9-15-12;10-6-4(8(13)14)1-3(7(11)12)2-5(6)9(15)16/h7-8,10,12,15H,3-6,9H2,1-2H3;1-2,10H. The first-order chi connectivity index (χ1) is 15.7. The Morgan fingerprint density at radius 2 is 1.48 bits per heavy atom. The Hall–Kier alpha value is -4.00. The first-order valence-electron chi connectivity index (χ1n) is 9.95. The average Bonchev–Trinajstić information content (AvgIpc) is 3.08. The van der Waals surface area contributed by atoms with Gasteiger partial charge in [-0.05, 0) is 37.1 Å². The van der Waals surface area contributed by atoms with Crippen LogP contribution >= 0.6 is 0 Å². The third-order valence-electron chi connectivity index (χ3n) is 5.03. The van der Waals surface area contributed by atoms with E-state index in [4.69, 9.17) is 14.6 Å². The highest BCUT2D eigenvalue weighted by Gasteiger charge is 2.30. The Morgan fingerprint density at radius 3 is 2.00 bits per heavy atom. The number of nitro benzene ring substituents is 3. The molecule has 13 nitrogen and oxygen atoms in total. The van der Waals surface area contributed by atoms with Gasteiger partial charge in [0.1, 0.15) is 0 Å². The summed E-state index contributed by atoms with van der Waals surface area (Å²) in [7, 11) is 3.35. The van der Waals surface area contributed by atoms with Crippen molar-refractivity contribution >= 4 is 17.1 Å². The Balaban J connectivity index is 0.000000234. The fourth-order valence-electron chi connectivity index (χ4n) is 3.36. The summed E-state index contributed by atoms with van der Waals surface area (Å²) in [6.07, 6.45) is 5.11. The van der Waals surface area contributed by atoms with Gasteiger partial charge in [-0.3, -0.25) is 30.3 Å². The zero-order chi connectivity index (χ0) is 24.5. The minimum atomic E-state index is -1.21. The Bertz CT molecular complexity index is 986. The molecule has 2 aromatic carbocycles. The lowest BCUT2D eigenvalue weighted by atomic mass is 10.0. The van der Waals surface area contributed by atoms with Crippen LogP contribution in [0.4, 0.5) is 17.1 Å². The maximum Gasteiger partial charge on any atom is 0.324 e. The van der Waals surface area contributed by atoms with Crippen LogP contribution in [0.1, 0.15) is 37.3 Å². The lowest BCUT2D eigenvalue weighted by Gasteiger charge is -2.18. The van der Waals surface area contributed by atoms with E-state index in [2.05, 4.69) is 17.4 Å². The highest BCUT2D eigenvalue weighted by atomic mass is 16.6. The van der Waals surface area contributed by atoms with Gasteiger partial charge < -0.3 is 19.9 Å². The fraction of sp³-hybridized carbons (Fsp3) is 0.400. The molecule has 1 fully saturated rings. The van der Waals surface area contributed by atoms with E-state index in [-0.39, 0.29) is 0 Å². The highest BCUT2D eigenvalue weighted by molar-refractivity contribution is 5.64. The van der Waals surface area contributed by atoms with Gasteiger partial charge in [0.05, 0.1) is 41.1 Å². The van der Waals surface area contributed by atoms with Crippen LogP contribution in [0.3, 0.4) is 0 Å². The zero-order valence-corrected chi connectivity index (χ0v) is 18.1. The molecule has 1 saturated heterocycles. The van der Waals surface area contributed by atoms with E-state index >= 15 is 0 Å². The maximum absolute atomic E-state index is 10.4. The number of aromatic hydroxyl groups is 1. The van der Waals surface area contributed by atoms with Crippen molar-refractivity contribution in [3.63, 3.8) is 0 Å². The van der Waals surface area contributed by atoms with Gasteiger partial charge in [-0.25, -0.2) is 0 Å². The number of phenolic OH excluding ortho intramolecular Hbond substituents is 1. The van der Waals surface area contributed by atoms with Crippen molar-refractivity contribution in [1.82, 2.24) is 5.32 Å². The number of benzene rings is 2. The predicted molar refractivity (Wildman–Crippen MR) is 117 cm³/mol. The molecule has 0 saturated carbocycles. The van der Waals surface area contributed by atoms with Crippen LogP contribution in [0.2, 0.25) is 0 Å². The largest absolute Gasteiger partial charge is 0.497 e. The van der Waals surface area contributed by atoms with Crippen molar-refractivity contribution in [2.45, 2.75) is 31.7 Å². The molecule has 0 aromatic heterocycles. The van der Waals surface area contributed by atoms with Crippen molar-refractivity contribution in [2.24, 2.45) is 0 Å². The molecule has 33 heavy (non-hydrogen) atoms. The SMILES string of the molecule is COc1ccc(C2CCCCCN2)cc1OC.O=[N+]([O-])c1cc([N+](=O)[O-])c(O)c([N+](=O)[O-])c1. The number of rotatable bonds is 6. The second-order valence-electron chi connectivity index (χ2n) is 7.07. The van der Waals surface area contributed by atoms with Crippen molar-refractivity contribution in [1.29, 1.82) is 0 Å². The minimum Gasteiger partial charge on any atom is -0.497 e. The summed E-state index contributed by atoms with van der Waals surface area (Å²) in [6, 6.07) is 7.55. The summed E-state index contributed by atoms with van der Waals surface area (Å²) in [5, 5.41) is 43.8. The summed E-state index contributed by atoms with van der Waals surface area (Å²) in [4.78, 5) is 27.8. The summed E-state index contributed by atoms with van der Waals surface area (Å²) in [5.74, 6) is 0.404. The van der Waals surface area contributed by atoms with Crippen LogP contribution in [0.5, 0.6) is 17.2 Å². The molecule has 0 spiro atoms. The molecule has 2 aromatic rings. The smallest absolute Gasteiger partial charge is 0.324 e. The predicted octanol–water partition coefficient (Wildman–Crippen LogP) is 4.03. The van der Waals surface area contributed by atoms with E-state index in [9.17, 15) is 30.3 Å². The number of nitrogens with one attached hydrogen (secondary N) is 1. The van der Waals surface area contributed by atoms with Gasteiger partial charge in [-0.1, -0.05) is 18.9 Å². The van der Waals surface area contributed by atoms with E-state index < -0.39 is 37.6 Å². The summed E-state index contributed by atoms with van der Waals surface area (Å²) in [5.41, 5.74) is -1.71. The van der Waals surface area contributed by atoms with Gasteiger partial charge >= 0.3 is 11.4 Å². The van der Waals surface area contributed by atoms with Crippen molar-refractivity contribution < 1.29 is 29.4 Å². The van der Waals surface area contributed by atoms with Gasteiger partial charge in [-0.2, -0.15) is 0 Å². The molecule has 1 aliphatic heterocycles. The molecular formula is C20H24N4O9. The Morgan fingerprint density at radius 1 is 0.879 bits per heavy atom. The summed E-state index contributed by atoms with van der Waals surface area (Å²) >= 11 is 0. The molecule has 178 valence electrons. The first-order valence-corrected chi connectivity index (χ1v) is 9.95. The van der Waals surface area contributed by atoms with E-state index in [0.29, 0.717) is 18.2 Å². The molecule has 0 bridgehead atoms. The second kappa shape index (κ2) is 11.6. The number of ether oxygens (including phenoxy) is 2. The number of non-ortho nitro benzene ring substituents is 1. The van der Waals surface area contributed by atoms with Gasteiger partial charge in [0.2, 0.25) is 0 Å². The summed E-state index contributed by atoms with van der Waals surface area (Å²) in [6.45, 7) is 1.11. The molecule has 1 unspecified atom stereocenters. The average molecular weight is 464 g/mol. The number of nitrogens with zero attached hydrogens (tertiary/aromatic N) is 3. The van der Waals surface area contributed by atoms with Crippen LogP contribution in [0.15, 0.2) is 30.3 Å². The molecule has 13 heteroatoms. The van der Waals surface area contributed by atoms with E-state index in [1.807, 2.05) is 6.07 Å². The van der Waals surface area contributed by atoms with Crippen LogP contribution < -0.4 is 14.8 Å². The molecule has 1 atom stereocenters. The number of phenols is 1. The number of hydrogen-bond acceptors (Lipinski definition) is 10. The molecule has 2 N–H and O–H groups in total. The van der Waals surface area contributed by atoms with Crippen LogP contribution in [0, 0.1) is 30.3 Å². The monoisotopic (exact) mass is 464 g/mol. The lowest BCUT2D eigenvalue weighted by Crippen LogP contribution is -2.20. The van der Waals surface area contributed by atoms with Gasteiger partial charge in [0.25, 0.3) is 11.4 Å². The third kappa shape index (κ3) is 6.49. The van der Waals surface area contributed by atoms with Crippen LogP contribution in [-0.2, 0) is 0 Å². The minimum absolute atomic E-state index is 0.447. The Labute approximate surface area is 188 Å². The van der Waals surface area contributed by atoms with Gasteiger partial charge in [-0.15, -0.1) is 0 Å². The second-order valence-corrected chi connectivity index (χ2v) is 7.07. The molecule has 1 aliphatic rings. The topological polar surface area (TPSA) is 180 Å². The molecule has 0 radical (unpaired) electrons. The number of nitro groups is 3. The van der Waals surface area contributed by atoms with E-state index in [1.54, 1.807) is 14.2 Å². The van der Waals surface area contributed by atoms with E-state index in [1.165, 1.54) is 31.2 Å². The fourth-order valence-corrected chi connectivity index (χ4v) is 3.36.